The van der Waals surface area contributed by atoms with Crippen LogP contribution in [0, 0.1) is 0 Å². The average Bonchev–Trinajstić information content (AvgIpc) is 2.91. The molecule has 2 aromatic rings. The van der Waals surface area contributed by atoms with E-state index in [9.17, 15) is 9.90 Å². The fourth-order valence-corrected chi connectivity index (χ4v) is 3.65. The van der Waals surface area contributed by atoms with Crippen molar-refractivity contribution in [3.8, 4) is 0 Å². The van der Waals surface area contributed by atoms with E-state index in [0.717, 1.165) is 28.6 Å². The number of carbonyl (C=O) groups is 1. The molecule has 6 heteroatoms. The minimum atomic E-state index is -1.01. The maximum absolute atomic E-state index is 11.4. The maximum Gasteiger partial charge on any atom is 0.307 e. The summed E-state index contributed by atoms with van der Waals surface area (Å²) in [4.78, 5) is 14.7. The number of aliphatic carboxylic acids is 1. The van der Waals surface area contributed by atoms with E-state index in [-0.39, 0.29) is 6.42 Å². The minimum Gasteiger partial charge on any atom is -0.481 e. The van der Waals surface area contributed by atoms with Gasteiger partial charge in [0, 0.05) is 5.39 Å². The normalized spacial score (nSPS) is 21.0. The molecule has 0 amide bonds. The summed E-state index contributed by atoms with van der Waals surface area (Å²) in [6.07, 6.45) is 5.06. The molecule has 3 rings (SSSR count). The molecule has 0 fully saturated rings. The molecule has 0 bridgehead atoms. The van der Waals surface area contributed by atoms with Gasteiger partial charge in [-0.05, 0) is 30.5 Å². The third-order valence-corrected chi connectivity index (χ3v) is 4.76. The molecule has 1 aliphatic heterocycles. The topological polar surface area (TPSA) is 62.3 Å². The zero-order chi connectivity index (χ0) is 16.6. The molecule has 0 saturated heterocycles. The van der Waals surface area contributed by atoms with Crippen LogP contribution in [-0.4, -0.2) is 22.7 Å². The Bertz CT molecular complexity index is 797. The van der Waals surface area contributed by atoms with Gasteiger partial charge in [-0.25, -0.2) is 0 Å². The molecule has 1 unspecified atom stereocenters. The van der Waals surface area contributed by atoms with Crippen molar-refractivity contribution < 1.29 is 14.6 Å². The number of allylic oxidation sites excluding steroid dienone is 1. The standard InChI is InChI=1S/C17H17Cl2NO3/c1-2-3-7-17(9-13(21)22)16-10(6-8-23-17)14-11(18)4-5-12(19)15(14)20-16/h3-5,7,20H,2,6,8-9H2,1H3,(H,21,22)/b7-3+. The van der Waals surface area contributed by atoms with E-state index in [4.69, 9.17) is 27.9 Å². The number of carboxylic acid groups (broad SMARTS) is 1. The molecule has 1 aromatic heterocycles. The molecule has 23 heavy (non-hydrogen) atoms. The number of ether oxygens (including phenoxy) is 1. The Labute approximate surface area is 144 Å². The van der Waals surface area contributed by atoms with E-state index in [1.54, 1.807) is 12.1 Å². The summed E-state index contributed by atoms with van der Waals surface area (Å²) in [5, 5.41) is 11.4. The Balaban J connectivity index is 2.28. The van der Waals surface area contributed by atoms with Gasteiger partial charge in [-0.2, -0.15) is 0 Å². The van der Waals surface area contributed by atoms with Crippen molar-refractivity contribution >= 4 is 40.1 Å². The van der Waals surface area contributed by atoms with E-state index in [2.05, 4.69) is 4.98 Å². The predicted molar refractivity (Wildman–Crippen MR) is 91.3 cm³/mol. The first-order chi connectivity index (χ1) is 11.0. The summed E-state index contributed by atoms with van der Waals surface area (Å²) in [6.45, 7) is 2.43. The van der Waals surface area contributed by atoms with Crippen LogP contribution in [0.4, 0.5) is 0 Å². The molecule has 0 spiro atoms. The van der Waals surface area contributed by atoms with Crippen LogP contribution in [0.25, 0.3) is 10.9 Å². The highest BCUT2D eigenvalue weighted by Gasteiger charge is 2.40. The Hall–Kier alpha value is -1.49. The second-order valence-electron chi connectivity index (χ2n) is 5.63. The van der Waals surface area contributed by atoms with Gasteiger partial charge in [0.2, 0.25) is 0 Å². The molecule has 0 aliphatic carbocycles. The number of nitrogens with one attached hydrogen (secondary N) is 1. The number of benzene rings is 1. The van der Waals surface area contributed by atoms with Crippen molar-refractivity contribution in [1.29, 1.82) is 0 Å². The van der Waals surface area contributed by atoms with Crippen molar-refractivity contribution in [2.75, 3.05) is 6.61 Å². The van der Waals surface area contributed by atoms with Gasteiger partial charge < -0.3 is 14.8 Å². The smallest absolute Gasteiger partial charge is 0.307 e. The minimum absolute atomic E-state index is 0.154. The van der Waals surface area contributed by atoms with E-state index in [1.165, 1.54) is 0 Å². The lowest BCUT2D eigenvalue weighted by Gasteiger charge is -2.34. The number of carboxylic acids is 1. The maximum atomic E-state index is 11.4. The van der Waals surface area contributed by atoms with Gasteiger partial charge in [0.25, 0.3) is 0 Å². The van der Waals surface area contributed by atoms with Gasteiger partial charge in [-0.3, -0.25) is 4.79 Å². The molecule has 122 valence electrons. The number of hydrogen-bond acceptors (Lipinski definition) is 2. The molecule has 1 atom stereocenters. The van der Waals surface area contributed by atoms with Crippen LogP contribution in [0.15, 0.2) is 24.3 Å². The Morgan fingerprint density at radius 1 is 1.43 bits per heavy atom. The number of rotatable bonds is 4. The molecule has 4 nitrogen and oxygen atoms in total. The van der Waals surface area contributed by atoms with Crippen LogP contribution < -0.4 is 0 Å². The molecule has 2 heterocycles. The summed E-state index contributed by atoms with van der Waals surface area (Å²) in [5.41, 5.74) is 1.44. The number of fused-ring (bicyclic) bond motifs is 3. The second-order valence-corrected chi connectivity index (χ2v) is 6.44. The van der Waals surface area contributed by atoms with Gasteiger partial charge in [0.1, 0.15) is 5.60 Å². The summed E-state index contributed by atoms with van der Waals surface area (Å²) >= 11 is 12.6. The predicted octanol–water partition coefficient (Wildman–Crippen LogP) is 4.68. The lowest BCUT2D eigenvalue weighted by molar-refractivity contribution is -0.144. The third kappa shape index (κ3) is 2.75. The first-order valence-electron chi connectivity index (χ1n) is 7.51. The first kappa shape index (κ1) is 16.4. The van der Waals surface area contributed by atoms with Gasteiger partial charge in [-0.1, -0.05) is 42.3 Å². The number of H-pyrrole nitrogens is 1. The van der Waals surface area contributed by atoms with Crippen LogP contribution in [0.5, 0.6) is 0 Å². The molecule has 1 aromatic carbocycles. The second kappa shape index (κ2) is 6.19. The number of hydrogen-bond donors (Lipinski definition) is 2. The number of halogens is 2. The van der Waals surface area contributed by atoms with Crippen LogP contribution in [0.3, 0.4) is 0 Å². The lowest BCUT2D eigenvalue weighted by atomic mass is 9.87. The fourth-order valence-electron chi connectivity index (χ4n) is 3.18. The highest BCUT2D eigenvalue weighted by Crippen LogP contribution is 2.43. The molecule has 2 N–H and O–H groups in total. The number of aromatic amines is 1. The van der Waals surface area contributed by atoms with E-state index in [1.807, 2.05) is 19.1 Å². The Morgan fingerprint density at radius 3 is 2.87 bits per heavy atom. The Kier molecular flexibility index (Phi) is 4.41. The first-order valence-corrected chi connectivity index (χ1v) is 8.26. The molecular formula is C17H17Cl2NO3. The highest BCUT2D eigenvalue weighted by atomic mass is 35.5. The molecule has 0 saturated carbocycles. The van der Waals surface area contributed by atoms with Gasteiger partial charge in [-0.15, -0.1) is 0 Å². The van der Waals surface area contributed by atoms with Gasteiger partial charge >= 0.3 is 5.97 Å². The van der Waals surface area contributed by atoms with Crippen LogP contribution in [-0.2, 0) is 21.6 Å². The van der Waals surface area contributed by atoms with E-state index in [0.29, 0.717) is 23.1 Å². The summed E-state index contributed by atoms with van der Waals surface area (Å²) in [6, 6.07) is 3.49. The summed E-state index contributed by atoms with van der Waals surface area (Å²) in [5.74, 6) is -0.922. The van der Waals surface area contributed by atoms with Crippen molar-refractivity contribution in [3.05, 3.63) is 45.6 Å². The van der Waals surface area contributed by atoms with Crippen LogP contribution in [0.2, 0.25) is 10.0 Å². The summed E-state index contributed by atoms with van der Waals surface area (Å²) in [7, 11) is 0. The van der Waals surface area contributed by atoms with Gasteiger partial charge in [0.15, 0.2) is 0 Å². The zero-order valence-corrected chi connectivity index (χ0v) is 14.2. The van der Waals surface area contributed by atoms with Crippen molar-refractivity contribution in [2.24, 2.45) is 0 Å². The Morgan fingerprint density at radius 2 is 2.17 bits per heavy atom. The number of aromatic nitrogens is 1. The quantitative estimate of drug-likeness (QED) is 0.784. The van der Waals surface area contributed by atoms with Gasteiger partial charge in [0.05, 0.1) is 34.3 Å². The fraction of sp³-hybridized carbons (Fsp3) is 0.353. The third-order valence-electron chi connectivity index (χ3n) is 4.13. The van der Waals surface area contributed by atoms with E-state index >= 15 is 0 Å². The molecular weight excluding hydrogens is 337 g/mol. The van der Waals surface area contributed by atoms with E-state index < -0.39 is 11.6 Å². The SMILES string of the molecule is CC/C=C/C1(CC(=O)O)OCCc2c1[nH]c1c(Cl)ccc(Cl)c21. The molecule has 1 aliphatic rings. The largest absolute Gasteiger partial charge is 0.481 e. The van der Waals surface area contributed by atoms with Crippen LogP contribution in [0.1, 0.15) is 31.0 Å². The zero-order valence-electron chi connectivity index (χ0n) is 12.7. The van der Waals surface area contributed by atoms with Crippen molar-refractivity contribution in [1.82, 2.24) is 4.98 Å². The summed E-state index contributed by atoms with van der Waals surface area (Å²) < 4.78 is 5.93. The monoisotopic (exact) mass is 353 g/mol. The molecule has 0 radical (unpaired) electrons. The van der Waals surface area contributed by atoms with Crippen molar-refractivity contribution in [3.63, 3.8) is 0 Å². The average molecular weight is 354 g/mol. The lowest BCUT2D eigenvalue weighted by Crippen LogP contribution is -2.36. The highest BCUT2D eigenvalue weighted by molar-refractivity contribution is 6.40. The van der Waals surface area contributed by atoms with Crippen molar-refractivity contribution in [2.45, 2.75) is 31.8 Å². The van der Waals surface area contributed by atoms with Crippen LogP contribution >= 0.6 is 23.2 Å².